The second-order valence-electron chi connectivity index (χ2n) is 6.92. The lowest BCUT2D eigenvalue weighted by atomic mass is 9.89. The molecule has 23 heavy (non-hydrogen) atoms. The van der Waals surface area contributed by atoms with Crippen molar-refractivity contribution in [2.45, 2.75) is 52.7 Å². The predicted octanol–water partition coefficient (Wildman–Crippen LogP) is 1.57. The number of hydrogen-bond acceptors (Lipinski definition) is 4. The molecule has 7 nitrogen and oxygen atoms in total. The Bertz CT molecular complexity index is 399. The van der Waals surface area contributed by atoms with E-state index in [1.165, 1.54) is 0 Å². The van der Waals surface area contributed by atoms with Gasteiger partial charge in [0.25, 0.3) is 0 Å². The van der Waals surface area contributed by atoms with Crippen molar-refractivity contribution in [2.24, 2.45) is 16.1 Å². The molecule has 1 atom stereocenters. The van der Waals surface area contributed by atoms with Gasteiger partial charge in [0.2, 0.25) is 0 Å². The van der Waals surface area contributed by atoms with E-state index in [9.17, 15) is 4.79 Å². The molecular weight excluding hydrogens is 296 g/mol. The second-order valence-corrected chi connectivity index (χ2v) is 6.92. The Labute approximate surface area is 139 Å². The number of carbonyl (C=O) groups is 1. The van der Waals surface area contributed by atoms with Crippen molar-refractivity contribution >= 4 is 12.1 Å². The third-order valence-electron chi connectivity index (χ3n) is 4.05. The van der Waals surface area contributed by atoms with Gasteiger partial charge in [-0.1, -0.05) is 20.8 Å². The summed E-state index contributed by atoms with van der Waals surface area (Å²) in [5, 5.41) is 3.23. The number of carbonyl (C=O) groups excluding carboxylic acids is 1. The number of likely N-dealkylation sites (tertiary alicyclic amines) is 1. The van der Waals surface area contributed by atoms with Crippen LogP contribution in [0.15, 0.2) is 4.99 Å². The number of aliphatic imine (C=N–C) groups is 1. The van der Waals surface area contributed by atoms with Crippen molar-refractivity contribution in [1.82, 2.24) is 10.2 Å². The number of hydrogen-bond donors (Lipinski definition) is 2. The van der Waals surface area contributed by atoms with E-state index in [1.807, 2.05) is 6.92 Å². The fourth-order valence-electron chi connectivity index (χ4n) is 2.56. The maximum atomic E-state index is 11.7. The fraction of sp³-hybridized carbons (Fsp3) is 0.875. The van der Waals surface area contributed by atoms with Gasteiger partial charge in [-0.25, -0.2) is 4.79 Å². The van der Waals surface area contributed by atoms with Crippen molar-refractivity contribution in [3.8, 4) is 0 Å². The molecule has 134 valence electrons. The molecule has 3 N–H and O–H groups in total. The molecule has 0 aromatic heterocycles. The largest absolute Gasteiger partial charge is 0.450 e. The van der Waals surface area contributed by atoms with Gasteiger partial charge in [0.15, 0.2) is 5.96 Å². The summed E-state index contributed by atoms with van der Waals surface area (Å²) in [6.45, 7) is 10.4. The van der Waals surface area contributed by atoms with Gasteiger partial charge in [-0.3, -0.25) is 4.99 Å². The van der Waals surface area contributed by atoms with Crippen LogP contribution in [-0.4, -0.2) is 62.4 Å². The first-order valence-electron chi connectivity index (χ1n) is 8.28. The van der Waals surface area contributed by atoms with E-state index < -0.39 is 0 Å². The molecular formula is C16H32N4O3. The van der Waals surface area contributed by atoms with Crippen molar-refractivity contribution in [3.63, 3.8) is 0 Å². The van der Waals surface area contributed by atoms with Gasteiger partial charge in [0.1, 0.15) is 0 Å². The SMILES string of the molecule is CCOC(=O)N1CCC(NC(N)=NCC(OC)C(C)(C)C)CC1. The number of amides is 1. The molecule has 0 aromatic carbocycles. The topological polar surface area (TPSA) is 89.2 Å². The van der Waals surface area contributed by atoms with Gasteiger partial charge in [0, 0.05) is 26.2 Å². The Hall–Kier alpha value is -1.50. The Kier molecular flexibility index (Phi) is 7.61. The van der Waals surface area contributed by atoms with Gasteiger partial charge >= 0.3 is 6.09 Å². The standard InChI is InChI=1S/C16H32N4O3/c1-6-23-15(21)20-9-7-12(8-10-20)19-14(17)18-11-13(22-5)16(2,3)4/h12-13H,6-11H2,1-5H3,(H3,17,18,19). The van der Waals surface area contributed by atoms with E-state index in [-0.39, 0.29) is 23.7 Å². The number of ether oxygens (including phenoxy) is 2. The summed E-state index contributed by atoms with van der Waals surface area (Å²) in [5.41, 5.74) is 5.99. The van der Waals surface area contributed by atoms with Gasteiger partial charge in [-0.2, -0.15) is 0 Å². The maximum Gasteiger partial charge on any atom is 0.409 e. The lowest BCUT2D eigenvalue weighted by molar-refractivity contribution is 0.0241. The molecule has 0 saturated carbocycles. The molecule has 0 aliphatic carbocycles. The third-order valence-corrected chi connectivity index (χ3v) is 4.05. The molecule has 0 aromatic rings. The average Bonchev–Trinajstić information content (AvgIpc) is 2.47. The van der Waals surface area contributed by atoms with Crippen LogP contribution >= 0.6 is 0 Å². The minimum atomic E-state index is -0.235. The third kappa shape index (κ3) is 6.64. The summed E-state index contributed by atoms with van der Waals surface area (Å²) < 4.78 is 10.5. The van der Waals surface area contributed by atoms with E-state index in [2.05, 4.69) is 31.1 Å². The normalized spacial score (nSPS) is 18.7. The summed E-state index contributed by atoms with van der Waals surface area (Å²) in [4.78, 5) is 17.8. The number of nitrogens with two attached hydrogens (primary N) is 1. The van der Waals surface area contributed by atoms with Crippen LogP contribution in [0.4, 0.5) is 4.79 Å². The first kappa shape index (κ1) is 19.5. The first-order chi connectivity index (χ1) is 10.8. The molecule has 1 heterocycles. The quantitative estimate of drug-likeness (QED) is 0.591. The molecule has 1 rings (SSSR count). The molecule has 1 unspecified atom stereocenters. The number of nitrogens with one attached hydrogen (secondary N) is 1. The van der Waals surface area contributed by atoms with Crippen LogP contribution < -0.4 is 11.1 Å². The number of guanidine groups is 1. The van der Waals surface area contributed by atoms with E-state index in [0.29, 0.717) is 32.2 Å². The molecule has 1 saturated heterocycles. The number of piperidine rings is 1. The van der Waals surface area contributed by atoms with Crippen LogP contribution in [0.5, 0.6) is 0 Å². The van der Waals surface area contributed by atoms with Crippen LogP contribution in [0.25, 0.3) is 0 Å². The fourth-order valence-corrected chi connectivity index (χ4v) is 2.56. The van der Waals surface area contributed by atoms with E-state index >= 15 is 0 Å². The highest BCUT2D eigenvalue weighted by Crippen LogP contribution is 2.21. The Morgan fingerprint density at radius 2 is 2.00 bits per heavy atom. The Balaban J connectivity index is 2.40. The summed E-state index contributed by atoms with van der Waals surface area (Å²) in [7, 11) is 1.69. The summed E-state index contributed by atoms with van der Waals surface area (Å²) in [6, 6.07) is 0.236. The molecule has 1 aliphatic heterocycles. The summed E-state index contributed by atoms with van der Waals surface area (Å²) in [5.74, 6) is 0.436. The van der Waals surface area contributed by atoms with E-state index in [4.69, 9.17) is 15.2 Å². The van der Waals surface area contributed by atoms with Crippen LogP contribution in [0.2, 0.25) is 0 Å². The minimum absolute atomic E-state index is 0.0174. The van der Waals surface area contributed by atoms with Crippen LogP contribution in [0.3, 0.4) is 0 Å². The highest BCUT2D eigenvalue weighted by atomic mass is 16.6. The molecule has 7 heteroatoms. The monoisotopic (exact) mass is 328 g/mol. The van der Waals surface area contributed by atoms with Crippen molar-refractivity contribution in [2.75, 3.05) is 33.4 Å². The highest BCUT2D eigenvalue weighted by molar-refractivity contribution is 5.78. The molecule has 0 bridgehead atoms. The number of methoxy groups -OCH3 is 1. The lowest BCUT2D eigenvalue weighted by Crippen LogP contribution is -2.48. The molecule has 1 amide bonds. The van der Waals surface area contributed by atoms with Crippen molar-refractivity contribution < 1.29 is 14.3 Å². The minimum Gasteiger partial charge on any atom is -0.450 e. The molecule has 1 fully saturated rings. The van der Waals surface area contributed by atoms with Crippen molar-refractivity contribution in [1.29, 1.82) is 0 Å². The number of nitrogens with zero attached hydrogens (tertiary/aromatic N) is 2. The maximum absolute atomic E-state index is 11.7. The van der Waals surface area contributed by atoms with Gasteiger partial charge in [-0.15, -0.1) is 0 Å². The molecule has 1 aliphatic rings. The Morgan fingerprint density at radius 1 is 1.39 bits per heavy atom. The van der Waals surface area contributed by atoms with E-state index in [0.717, 1.165) is 12.8 Å². The zero-order valence-electron chi connectivity index (χ0n) is 15.1. The Morgan fingerprint density at radius 3 is 2.48 bits per heavy atom. The lowest BCUT2D eigenvalue weighted by Gasteiger charge is -2.32. The zero-order valence-corrected chi connectivity index (χ0v) is 15.1. The highest BCUT2D eigenvalue weighted by Gasteiger charge is 2.25. The number of rotatable bonds is 5. The van der Waals surface area contributed by atoms with Gasteiger partial charge in [-0.05, 0) is 25.2 Å². The van der Waals surface area contributed by atoms with Crippen molar-refractivity contribution in [3.05, 3.63) is 0 Å². The average molecular weight is 328 g/mol. The summed E-state index contributed by atoms with van der Waals surface area (Å²) in [6.07, 6.45) is 1.46. The first-order valence-corrected chi connectivity index (χ1v) is 8.28. The summed E-state index contributed by atoms with van der Waals surface area (Å²) >= 11 is 0. The molecule has 0 spiro atoms. The predicted molar refractivity (Wildman–Crippen MR) is 91.5 cm³/mol. The van der Waals surface area contributed by atoms with Gasteiger partial charge in [0.05, 0.1) is 19.3 Å². The second kappa shape index (κ2) is 8.96. The molecule has 0 radical (unpaired) electrons. The zero-order chi connectivity index (χ0) is 17.5. The van der Waals surface area contributed by atoms with Crippen LogP contribution in [-0.2, 0) is 9.47 Å². The van der Waals surface area contributed by atoms with Gasteiger partial charge < -0.3 is 25.4 Å². The van der Waals surface area contributed by atoms with Crippen LogP contribution in [0.1, 0.15) is 40.5 Å². The van der Waals surface area contributed by atoms with E-state index in [1.54, 1.807) is 12.0 Å². The van der Waals surface area contributed by atoms with Crippen LogP contribution in [0, 0.1) is 5.41 Å². The smallest absolute Gasteiger partial charge is 0.409 e.